The average molecular weight is 591 g/mol. The van der Waals surface area contributed by atoms with E-state index in [0.717, 1.165) is 28.5 Å². The van der Waals surface area contributed by atoms with E-state index < -0.39 is 5.97 Å². The SMILES string of the molecule is CCOc1ccc(N2C(=O)/C(=C/c3cn(CC(=O)N4CCOCC4)c4c(CC)cccc34)N(CC(=O)OC)C2=S)cc1. The number of nitrogens with zero attached hydrogens (tertiary/aromatic N) is 4. The number of esters is 1. The lowest BCUT2D eigenvalue weighted by molar-refractivity contribution is -0.140. The number of carbonyl (C=O) groups excluding carboxylic acids is 3. The number of fused-ring (bicyclic) bond motifs is 1. The topological polar surface area (TPSA) is 93.5 Å². The molecule has 5 rings (SSSR count). The molecule has 0 atom stereocenters. The average Bonchev–Trinajstić information content (AvgIpc) is 3.47. The Labute approximate surface area is 250 Å². The molecule has 2 aliphatic rings. The van der Waals surface area contributed by atoms with E-state index in [-0.39, 0.29) is 35.7 Å². The van der Waals surface area contributed by atoms with Gasteiger partial charge in [0.2, 0.25) is 5.91 Å². The highest BCUT2D eigenvalue weighted by Gasteiger charge is 2.40. The molecule has 2 amide bonds. The van der Waals surface area contributed by atoms with Crippen LogP contribution < -0.4 is 9.64 Å². The Morgan fingerprint density at radius 3 is 2.45 bits per heavy atom. The number of ether oxygens (including phenoxy) is 3. The van der Waals surface area contributed by atoms with Gasteiger partial charge in [-0.1, -0.05) is 25.1 Å². The molecule has 2 aliphatic heterocycles. The number of hydrogen-bond donors (Lipinski definition) is 0. The zero-order valence-corrected chi connectivity index (χ0v) is 24.8. The van der Waals surface area contributed by atoms with Crippen LogP contribution in [-0.4, -0.2) is 83.8 Å². The molecule has 0 N–H and O–H groups in total. The van der Waals surface area contributed by atoms with E-state index in [4.69, 9.17) is 26.4 Å². The van der Waals surface area contributed by atoms with Gasteiger partial charge < -0.3 is 28.6 Å². The smallest absolute Gasteiger partial charge is 0.325 e. The monoisotopic (exact) mass is 590 g/mol. The molecule has 2 aromatic carbocycles. The van der Waals surface area contributed by atoms with Crippen LogP contribution in [0.3, 0.4) is 0 Å². The van der Waals surface area contributed by atoms with E-state index >= 15 is 0 Å². The van der Waals surface area contributed by atoms with Crippen molar-refractivity contribution >= 4 is 57.8 Å². The quantitative estimate of drug-likeness (QED) is 0.212. The Balaban J connectivity index is 1.57. The first-order chi connectivity index (χ1) is 20.4. The van der Waals surface area contributed by atoms with Crippen LogP contribution in [0.15, 0.2) is 54.4 Å². The van der Waals surface area contributed by atoms with E-state index in [1.54, 1.807) is 30.3 Å². The fourth-order valence-corrected chi connectivity index (χ4v) is 5.66. The van der Waals surface area contributed by atoms with Gasteiger partial charge in [-0.05, 0) is 61.5 Å². The van der Waals surface area contributed by atoms with Crippen LogP contribution in [0.5, 0.6) is 5.75 Å². The van der Waals surface area contributed by atoms with Crippen LogP contribution in [0.2, 0.25) is 0 Å². The molecule has 10 nitrogen and oxygen atoms in total. The van der Waals surface area contributed by atoms with Crippen molar-refractivity contribution in [3.63, 3.8) is 0 Å². The van der Waals surface area contributed by atoms with Crippen LogP contribution in [0.1, 0.15) is 25.0 Å². The Bertz CT molecular complexity index is 1540. The predicted octanol–water partition coefficient (Wildman–Crippen LogP) is 3.61. The highest BCUT2D eigenvalue weighted by atomic mass is 32.1. The molecule has 0 radical (unpaired) electrons. The van der Waals surface area contributed by atoms with Gasteiger partial charge in [0.1, 0.15) is 24.5 Å². The van der Waals surface area contributed by atoms with Gasteiger partial charge in [-0.25, -0.2) is 0 Å². The second-order valence-corrected chi connectivity index (χ2v) is 10.3. The van der Waals surface area contributed by atoms with E-state index in [1.165, 1.54) is 16.9 Å². The Morgan fingerprint density at radius 2 is 1.79 bits per heavy atom. The van der Waals surface area contributed by atoms with Crippen molar-refractivity contribution < 1.29 is 28.6 Å². The highest BCUT2D eigenvalue weighted by Crippen LogP contribution is 2.33. The molecule has 2 saturated heterocycles. The number of thiocarbonyl (C=S) groups is 1. The van der Waals surface area contributed by atoms with Crippen LogP contribution in [0, 0.1) is 0 Å². The van der Waals surface area contributed by atoms with Crippen LogP contribution in [-0.2, 0) is 36.8 Å². The molecular weight excluding hydrogens is 556 g/mol. The van der Waals surface area contributed by atoms with Crippen molar-refractivity contribution in [1.82, 2.24) is 14.4 Å². The van der Waals surface area contributed by atoms with Gasteiger partial charge in [-0.2, -0.15) is 0 Å². The van der Waals surface area contributed by atoms with Crippen molar-refractivity contribution in [3.05, 3.63) is 65.5 Å². The molecule has 3 aromatic rings. The zero-order chi connectivity index (χ0) is 29.8. The molecule has 0 bridgehead atoms. The van der Waals surface area contributed by atoms with Crippen molar-refractivity contribution in [2.45, 2.75) is 26.8 Å². The summed E-state index contributed by atoms with van der Waals surface area (Å²) in [4.78, 5) is 44.2. The molecule has 1 aromatic heterocycles. The second kappa shape index (κ2) is 12.7. The first kappa shape index (κ1) is 29.3. The molecule has 220 valence electrons. The van der Waals surface area contributed by atoms with E-state index in [1.807, 2.05) is 40.8 Å². The number of benzene rings is 2. The maximum absolute atomic E-state index is 13.9. The highest BCUT2D eigenvalue weighted by molar-refractivity contribution is 7.80. The fraction of sp³-hybridized carbons (Fsp3) is 0.355. The molecule has 0 unspecified atom stereocenters. The number of amides is 2. The number of methoxy groups -OCH3 is 1. The van der Waals surface area contributed by atoms with E-state index in [2.05, 4.69) is 6.92 Å². The lowest BCUT2D eigenvalue weighted by atomic mass is 10.1. The molecular formula is C31H34N4O6S. The normalized spacial score (nSPS) is 16.5. The first-order valence-corrected chi connectivity index (χ1v) is 14.4. The number of hydrogen-bond acceptors (Lipinski definition) is 7. The molecule has 0 aliphatic carbocycles. The van der Waals surface area contributed by atoms with Gasteiger partial charge >= 0.3 is 5.97 Å². The van der Waals surface area contributed by atoms with E-state index in [9.17, 15) is 14.4 Å². The number of para-hydroxylation sites is 1. The summed E-state index contributed by atoms with van der Waals surface area (Å²) in [5.41, 5.74) is 3.55. The molecule has 0 saturated carbocycles. The summed E-state index contributed by atoms with van der Waals surface area (Å²) in [5.74, 6) is -0.221. The Morgan fingerprint density at radius 1 is 1.05 bits per heavy atom. The molecule has 42 heavy (non-hydrogen) atoms. The molecule has 2 fully saturated rings. The maximum atomic E-state index is 13.9. The predicted molar refractivity (Wildman–Crippen MR) is 163 cm³/mol. The number of aromatic nitrogens is 1. The minimum absolute atomic E-state index is 0.00687. The number of anilines is 1. The summed E-state index contributed by atoms with van der Waals surface area (Å²) >= 11 is 5.72. The lowest BCUT2D eigenvalue weighted by Crippen LogP contribution is -2.42. The molecule has 0 spiro atoms. The Hall–Kier alpha value is -4.22. The summed E-state index contributed by atoms with van der Waals surface area (Å²) in [5, 5.41) is 1.06. The van der Waals surface area contributed by atoms with Gasteiger partial charge in [0.15, 0.2) is 5.11 Å². The number of aryl methyl sites for hydroxylation is 1. The largest absolute Gasteiger partial charge is 0.494 e. The van der Waals surface area contributed by atoms with Gasteiger partial charge in [0.05, 0.1) is 38.1 Å². The number of morpholine rings is 1. The summed E-state index contributed by atoms with van der Waals surface area (Å²) in [7, 11) is 1.29. The third kappa shape index (κ3) is 5.75. The molecule has 11 heteroatoms. The molecule has 3 heterocycles. The minimum Gasteiger partial charge on any atom is -0.494 e. The summed E-state index contributed by atoms with van der Waals surface area (Å²) < 4.78 is 17.8. The Kier molecular flexibility index (Phi) is 8.89. The lowest BCUT2D eigenvalue weighted by Gasteiger charge is -2.27. The fourth-order valence-electron chi connectivity index (χ4n) is 5.31. The van der Waals surface area contributed by atoms with Gasteiger partial charge in [0, 0.05) is 30.2 Å². The van der Waals surface area contributed by atoms with Crippen molar-refractivity contribution in [2.24, 2.45) is 0 Å². The summed E-state index contributed by atoms with van der Waals surface area (Å²) in [6.45, 7) is 6.59. The third-order valence-corrected chi connectivity index (χ3v) is 7.81. The van der Waals surface area contributed by atoms with Gasteiger partial charge in [-0.15, -0.1) is 0 Å². The third-order valence-electron chi connectivity index (χ3n) is 7.41. The van der Waals surface area contributed by atoms with Crippen LogP contribution in [0.4, 0.5) is 5.69 Å². The van der Waals surface area contributed by atoms with Crippen molar-refractivity contribution in [3.8, 4) is 5.75 Å². The maximum Gasteiger partial charge on any atom is 0.325 e. The standard InChI is InChI=1S/C31H34N4O6S/c1-4-21-7-6-8-25-22(18-33(29(21)25)19-27(36)32-13-15-40-16-14-32)17-26-30(38)35(31(42)34(26)20-28(37)39-3)23-9-11-24(12-10-23)41-5-2/h6-12,17-18H,4-5,13-16,19-20H2,1-3H3/b26-17-. The minimum atomic E-state index is -0.531. The van der Waals surface area contributed by atoms with Crippen molar-refractivity contribution in [2.75, 3.05) is 51.5 Å². The van der Waals surface area contributed by atoms with Crippen molar-refractivity contribution in [1.29, 1.82) is 0 Å². The van der Waals surface area contributed by atoms with Gasteiger partial charge in [-0.3, -0.25) is 19.3 Å². The van der Waals surface area contributed by atoms with Crippen LogP contribution in [0.25, 0.3) is 17.0 Å². The number of carbonyl (C=O) groups is 3. The van der Waals surface area contributed by atoms with E-state index in [0.29, 0.717) is 44.3 Å². The van der Waals surface area contributed by atoms with Gasteiger partial charge in [0.25, 0.3) is 5.91 Å². The first-order valence-electron chi connectivity index (χ1n) is 14.0. The van der Waals surface area contributed by atoms with Crippen LogP contribution >= 0.6 is 12.2 Å². The number of rotatable bonds is 9. The second-order valence-electron chi connectivity index (χ2n) is 9.91. The zero-order valence-electron chi connectivity index (χ0n) is 24.0. The summed E-state index contributed by atoms with van der Waals surface area (Å²) in [6, 6.07) is 13.0. The summed E-state index contributed by atoms with van der Waals surface area (Å²) in [6.07, 6.45) is 4.40.